The maximum atomic E-state index is 13.6. The van der Waals surface area contributed by atoms with Crippen molar-refractivity contribution in [3.8, 4) is 5.82 Å². The zero-order valence-corrected chi connectivity index (χ0v) is 15.0. The number of halogens is 2. The number of ether oxygens (including phenoxy) is 1. The van der Waals surface area contributed by atoms with Crippen molar-refractivity contribution >= 4 is 17.6 Å². The van der Waals surface area contributed by atoms with Crippen LogP contribution in [0.2, 0.25) is 0 Å². The first-order valence-corrected chi connectivity index (χ1v) is 8.30. The van der Waals surface area contributed by atoms with Crippen LogP contribution in [0.15, 0.2) is 48.8 Å². The maximum Gasteiger partial charge on any atom is 0.342 e. The maximum absolute atomic E-state index is 13.6. The Balaban J connectivity index is 1.71. The van der Waals surface area contributed by atoms with Crippen molar-refractivity contribution in [1.82, 2.24) is 14.8 Å². The number of pyridine rings is 1. The highest BCUT2D eigenvalue weighted by Gasteiger charge is 2.24. The van der Waals surface area contributed by atoms with Crippen molar-refractivity contribution in [3.63, 3.8) is 0 Å². The van der Waals surface area contributed by atoms with Crippen LogP contribution >= 0.6 is 0 Å². The number of carbonyl (C=O) groups is 2. The second-order valence-electron chi connectivity index (χ2n) is 5.88. The van der Waals surface area contributed by atoms with Gasteiger partial charge < -0.3 is 10.1 Å². The molecule has 3 aromatic rings. The third-order valence-corrected chi connectivity index (χ3v) is 3.96. The van der Waals surface area contributed by atoms with Gasteiger partial charge in [-0.05, 0) is 38.1 Å². The Kier molecular flexibility index (Phi) is 5.44. The summed E-state index contributed by atoms with van der Waals surface area (Å²) in [5.41, 5.74) is 0.00776. The monoisotopic (exact) mass is 386 g/mol. The van der Waals surface area contributed by atoms with Crippen LogP contribution in [0.4, 0.5) is 14.5 Å². The smallest absolute Gasteiger partial charge is 0.342 e. The number of nitrogens with zero attached hydrogens (tertiary/aromatic N) is 3. The Morgan fingerprint density at radius 1 is 1.14 bits per heavy atom. The molecule has 0 aliphatic rings. The van der Waals surface area contributed by atoms with Crippen LogP contribution in [-0.4, -0.2) is 32.7 Å². The standard InChI is InChI=1S/C19H16F2N4O3/c1-11-13(10-23-25(11)16-8-3-4-9-22-16)19(27)28-12(2)18(26)24-17-14(20)6-5-7-15(17)21/h3-10,12H,1-2H3,(H,24,26). The first kappa shape index (κ1) is 19.2. The van der Waals surface area contributed by atoms with Gasteiger partial charge in [-0.15, -0.1) is 0 Å². The topological polar surface area (TPSA) is 86.1 Å². The normalized spacial score (nSPS) is 11.7. The van der Waals surface area contributed by atoms with Crippen molar-refractivity contribution in [1.29, 1.82) is 0 Å². The minimum atomic E-state index is -1.29. The van der Waals surface area contributed by atoms with Gasteiger partial charge in [-0.3, -0.25) is 4.79 Å². The van der Waals surface area contributed by atoms with E-state index in [4.69, 9.17) is 4.74 Å². The fourth-order valence-electron chi connectivity index (χ4n) is 2.44. The number of carbonyl (C=O) groups excluding carboxylic acids is 2. The van der Waals surface area contributed by atoms with Crippen LogP contribution in [-0.2, 0) is 9.53 Å². The number of esters is 1. The first-order valence-electron chi connectivity index (χ1n) is 8.30. The molecule has 0 bridgehead atoms. The number of hydrogen-bond donors (Lipinski definition) is 1. The average Bonchev–Trinajstić information content (AvgIpc) is 3.06. The number of benzene rings is 1. The SMILES string of the molecule is Cc1c(C(=O)OC(C)C(=O)Nc2c(F)cccc2F)cnn1-c1ccccn1. The van der Waals surface area contributed by atoms with E-state index in [0.29, 0.717) is 11.5 Å². The molecule has 3 rings (SSSR count). The van der Waals surface area contributed by atoms with E-state index in [1.807, 2.05) is 0 Å². The zero-order valence-electron chi connectivity index (χ0n) is 15.0. The Bertz CT molecular complexity index is 1000. The molecule has 0 fully saturated rings. The van der Waals surface area contributed by atoms with Crippen molar-refractivity contribution < 1.29 is 23.1 Å². The molecule has 1 atom stereocenters. The van der Waals surface area contributed by atoms with Crippen molar-refractivity contribution in [3.05, 3.63) is 71.7 Å². The van der Waals surface area contributed by atoms with Gasteiger partial charge in [0.1, 0.15) is 22.9 Å². The number of rotatable bonds is 5. The van der Waals surface area contributed by atoms with E-state index >= 15 is 0 Å². The summed E-state index contributed by atoms with van der Waals surface area (Å²) in [5.74, 6) is -3.01. The van der Waals surface area contributed by atoms with E-state index in [0.717, 1.165) is 12.1 Å². The highest BCUT2D eigenvalue weighted by molar-refractivity contribution is 5.97. The zero-order chi connectivity index (χ0) is 20.3. The predicted octanol–water partition coefficient (Wildman–Crippen LogP) is 3.04. The van der Waals surface area contributed by atoms with Gasteiger partial charge in [0, 0.05) is 6.20 Å². The summed E-state index contributed by atoms with van der Waals surface area (Å²) in [6.07, 6.45) is 1.60. The minimum Gasteiger partial charge on any atom is -0.449 e. The lowest BCUT2D eigenvalue weighted by Crippen LogP contribution is -2.30. The third-order valence-electron chi connectivity index (χ3n) is 3.96. The lowest BCUT2D eigenvalue weighted by Gasteiger charge is -2.14. The van der Waals surface area contributed by atoms with Gasteiger partial charge >= 0.3 is 5.97 Å². The Morgan fingerprint density at radius 3 is 2.50 bits per heavy atom. The summed E-state index contributed by atoms with van der Waals surface area (Å²) < 4.78 is 33.8. The Morgan fingerprint density at radius 2 is 1.86 bits per heavy atom. The molecule has 1 amide bonds. The van der Waals surface area contributed by atoms with Crippen molar-refractivity contribution in [2.75, 3.05) is 5.32 Å². The van der Waals surface area contributed by atoms with Crippen LogP contribution in [0.25, 0.3) is 5.82 Å². The molecule has 0 aliphatic carbocycles. The van der Waals surface area contributed by atoms with Crippen LogP contribution in [0, 0.1) is 18.6 Å². The Hall–Kier alpha value is -3.62. The van der Waals surface area contributed by atoms with Crippen molar-refractivity contribution in [2.45, 2.75) is 20.0 Å². The largest absolute Gasteiger partial charge is 0.449 e. The lowest BCUT2D eigenvalue weighted by molar-refractivity contribution is -0.123. The van der Waals surface area contributed by atoms with E-state index in [-0.39, 0.29) is 5.56 Å². The number of para-hydroxylation sites is 1. The van der Waals surface area contributed by atoms with E-state index < -0.39 is 35.3 Å². The molecule has 2 heterocycles. The minimum absolute atomic E-state index is 0.141. The van der Waals surface area contributed by atoms with Gasteiger partial charge in [-0.1, -0.05) is 12.1 Å². The fourth-order valence-corrected chi connectivity index (χ4v) is 2.44. The molecule has 0 aliphatic heterocycles. The highest BCUT2D eigenvalue weighted by atomic mass is 19.1. The molecule has 2 aromatic heterocycles. The molecule has 144 valence electrons. The van der Waals surface area contributed by atoms with Gasteiger partial charge in [-0.2, -0.15) is 5.10 Å². The third kappa shape index (κ3) is 3.88. The molecular formula is C19H16F2N4O3. The molecule has 1 N–H and O–H groups in total. The summed E-state index contributed by atoms with van der Waals surface area (Å²) in [4.78, 5) is 28.7. The van der Waals surface area contributed by atoms with Gasteiger partial charge in [0.05, 0.1) is 11.9 Å². The van der Waals surface area contributed by atoms with Gasteiger partial charge in [-0.25, -0.2) is 23.2 Å². The summed E-state index contributed by atoms with van der Waals surface area (Å²) in [5, 5.41) is 6.19. The second kappa shape index (κ2) is 7.95. The molecule has 9 heteroatoms. The van der Waals surface area contributed by atoms with E-state index in [1.165, 1.54) is 23.9 Å². The Labute approximate surface area is 159 Å². The van der Waals surface area contributed by atoms with E-state index in [9.17, 15) is 18.4 Å². The highest BCUT2D eigenvalue weighted by Crippen LogP contribution is 2.19. The van der Waals surface area contributed by atoms with Crippen LogP contribution < -0.4 is 5.32 Å². The molecule has 1 aromatic carbocycles. The number of anilines is 1. The van der Waals surface area contributed by atoms with Crippen LogP contribution in [0.1, 0.15) is 23.0 Å². The number of hydrogen-bond acceptors (Lipinski definition) is 5. The second-order valence-corrected chi connectivity index (χ2v) is 5.88. The summed E-state index contributed by atoms with van der Waals surface area (Å²) in [6.45, 7) is 2.95. The molecule has 0 spiro atoms. The fraction of sp³-hybridized carbons (Fsp3) is 0.158. The summed E-state index contributed by atoms with van der Waals surface area (Å²) in [7, 11) is 0. The summed E-state index contributed by atoms with van der Waals surface area (Å²) in [6, 6.07) is 8.42. The molecule has 0 saturated heterocycles. The van der Waals surface area contributed by atoms with Crippen molar-refractivity contribution in [2.24, 2.45) is 0 Å². The molecule has 0 saturated carbocycles. The predicted molar refractivity (Wildman–Crippen MR) is 96.0 cm³/mol. The number of aromatic nitrogens is 3. The lowest BCUT2D eigenvalue weighted by atomic mass is 10.2. The van der Waals surface area contributed by atoms with Crippen LogP contribution in [0.3, 0.4) is 0 Å². The van der Waals surface area contributed by atoms with Gasteiger partial charge in [0.25, 0.3) is 5.91 Å². The molecular weight excluding hydrogens is 370 g/mol. The molecule has 1 unspecified atom stereocenters. The van der Waals surface area contributed by atoms with E-state index in [1.54, 1.807) is 31.3 Å². The number of nitrogens with one attached hydrogen (secondary N) is 1. The number of amides is 1. The molecule has 7 nitrogen and oxygen atoms in total. The van der Waals surface area contributed by atoms with Gasteiger partial charge in [0.2, 0.25) is 0 Å². The summed E-state index contributed by atoms with van der Waals surface area (Å²) >= 11 is 0. The average molecular weight is 386 g/mol. The quantitative estimate of drug-likeness (QED) is 0.681. The first-order chi connectivity index (χ1) is 13.4. The van der Waals surface area contributed by atoms with Gasteiger partial charge in [0.15, 0.2) is 11.9 Å². The van der Waals surface area contributed by atoms with E-state index in [2.05, 4.69) is 15.4 Å². The molecule has 28 heavy (non-hydrogen) atoms. The van der Waals surface area contributed by atoms with Crippen LogP contribution in [0.5, 0.6) is 0 Å². The molecule has 0 radical (unpaired) electrons.